The number of esters is 1. The van der Waals surface area contributed by atoms with Crippen LogP contribution in [0.3, 0.4) is 0 Å². The Hall–Kier alpha value is -0.900. The van der Waals surface area contributed by atoms with E-state index in [0.717, 1.165) is 17.1 Å². The number of aryl methyl sites for hydroxylation is 2. The van der Waals surface area contributed by atoms with Crippen LogP contribution >= 0.6 is 11.3 Å². The predicted molar refractivity (Wildman–Crippen MR) is 51.9 cm³/mol. The molecule has 0 saturated carbocycles. The molecule has 1 heterocycles. The summed E-state index contributed by atoms with van der Waals surface area (Å²) in [6, 6.07) is 0. The topological polar surface area (TPSA) is 39.2 Å². The molecule has 0 bridgehead atoms. The van der Waals surface area contributed by atoms with Gasteiger partial charge >= 0.3 is 5.97 Å². The van der Waals surface area contributed by atoms with Gasteiger partial charge < -0.3 is 4.74 Å². The van der Waals surface area contributed by atoms with E-state index in [1.165, 1.54) is 11.8 Å². The van der Waals surface area contributed by atoms with Crippen molar-refractivity contribution in [3.05, 3.63) is 15.6 Å². The van der Waals surface area contributed by atoms with E-state index in [-0.39, 0.29) is 5.97 Å². The van der Waals surface area contributed by atoms with Crippen LogP contribution < -0.4 is 0 Å². The van der Waals surface area contributed by atoms with Gasteiger partial charge in [-0.3, -0.25) is 4.79 Å². The second kappa shape index (κ2) is 4.37. The highest BCUT2D eigenvalue weighted by Crippen LogP contribution is 2.16. The van der Waals surface area contributed by atoms with Crippen molar-refractivity contribution >= 4 is 17.3 Å². The van der Waals surface area contributed by atoms with Crippen LogP contribution in [-0.2, 0) is 16.0 Å². The lowest BCUT2D eigenvalue weighted by molar-refractivity contribution is -0.140. The molecule has 13 heavy (non-hydrogen) atoms. The number of thiazole rings is 1. The second-order valence-electron chi connectivity index (χ2n) is 2.84. The van der Waals surface area contributed by atoms with E-state index in [1.807, 2.05) is 13.8 Å². The van der Waals surface area contributed by atoms with Gasteiger partial charge in [0.25, 0.3) is 0 Å². The Morgan fingerprint density at radius 1 is 1.54 bits per heavy atom. The fourth-order valence-corrected chi connectivity index (χ4v) is 1.84. The standard InChI is InChI=1S/C9H13NO2S/c1-6-7(2)13-9(10-6)4-5-12-8(3)11/h4-5H2,1-3H3. The van der Waals surface area contributed by atoms with Gasteiger partial charge in [0.15, 0.2) is 0 Å². The first kappa shape index (κ1) is 10.2. The zero-order valence-electron chi connectivity index (χ0n) is 8.09. The Morgan fingerprint density at radius 2 is 2.23 bits per heavy atom. The highest BCUT2D eigenvalue weighted by molar-refractivity contribution is 7.11. The summed E-state index contributed by atoms with van der Waals surface area (Å²) in [6.07, 6.45) is 0.721. The van der Waals surface area contributed by atoms with Crippen LogP contribution in [0.25, 0.3) is 0 Å². The highest BCUT2D eigenvalue weighted by atomic mass is 32.1. The van der Waals surface area contributed by atoms with Crippen molar-refractivity contribution in [3.8, 4) is 0 Å². The van der Waals surface area contributed by atoms with E-state index in [2.05, 4.69) is 4.98 Å². The number of ether oxygens (including phenoxy) is 1. The smallest absolute Gasteiger partial charge is 0.302 e. The van der Waals surface area contributed by atoms with Crippen molar-refractivity contribution in [2.45, 2.75) is 27.2 Å². The van der Waals surface area contributed by atoms with Crippen LogP contribution in [0, 0.1) is 13.8 Å². The summed E-state index contributed by atoms with van der Waals surface area (Å²) in [7, 11) is 0. The van der Waals surface area contributed by atoms with Crippen LogP contribution in [0.1, 0.15) is 22.5 Å². The summed E-state index contributed by atoms with van der Waals surface area (Å²) >= 11 is 1.66. The zero-order chi connectivity index (χ0) is 9.84. The van der Waals surface area contributed by atoms with Crippen LogP contribution in [0.5, 0.6) is 0 Å². The third kappa shape index (κ3) is 3.14. The minimum atomic E-state index is -0.231. The Labute approximate surface area is 81.8 Å². The second-order valence-corrected chi connectivity index (χ2v) is 4.13. The molecule has 1 aromatic rings. The van der Waals surface area contributed by atoms with Crippen molar-refractivity contribution in [2.24, 2.45) is 0 Å². The number of rotatable bonds is 3. The maximum absolute atomic E-state index is 10.5. The Bertz CT molecular complexity index is 287. The first-order valence-corrected chi connectivity index (χ1v) is 4.97. The van der Waals surface area contributed by atoms with Gasteiger partial charge in [-0.15, -0.1) is 11.3 Å². The fourth-order valence-electron chi connectivity index (χ4n) is 0.928. The lowest BCUT2D eigenvalue weighted by Crippen LogP contribution is -2.02. The molecule has 0 radical (unpaired) electrons. The Kier molecular flexibility index (Phi) is 3.42. The van der Waals surface area contributed by atoms with Crippen LogP contribution in [-0.4, -0.2) is 17.6 Å². The molecule has 3 nitrogen and oxygen atoms in total. The summed E-state index contributed by atoms with van der Waals surface area (Å²) in [5.74, 6) is -0.231. The molecule has 72 valence electrons. The number of aromatic nitrogens is 1. The van der Waals surface area contributed by atoms with Crippen LogP contribution in [0.15, 0.2) is 0 Å². The highest BCUT2D eigenvalue weighted by Gasteiger charge is 2.03. The molecule has 0 unspecified atom stereocenters. The van der Waals surface area contributed by atoms with Crippen LogP contribution in [0.4, 0.5) is 0 Å². The lowest BCUT2D eigenvalue weighted by Gasteiger charge is -1.97. The Morgan fingerprint density at radius 3 is 2.69 bits per heavy atom. The van der Waals surface area contributed by atoms with E-state index in [4.69, 9.17) is 4.74 Å². The van der Waals surface area contributed by atoms with Crippen molar-refractivity contribution in [2.75, 3.05) is 6.61 Å². The molecule has 0 atom stereocenters. The van der Waals surface area contributed by atoms with Gasteiger partial charge in [0.1, 0.15) is 0 Å². The predicted octanol–water partition coefficient (Wildman–Crippen LogP) is 1.87. The van der Waals surface area contributed by atoms with E-state index >= 15 is 0 Å². The van der Waals surface area contributed by atoms with E-state index in [0.29, 0.717) is 6.61 Å². The molecule has 0 aliphatic rings. The Balaban J connectivity index is 2.41. The number of carbonyl (C=O) groups is 1. The van der Waals surface area contributed by atoms with Gasteiger partial charge in [0.05, 0.1) is 17.3 Å². The molecular weight excluding hydrogens is 186 g/mol. The minimum Gasteiger partial charge on any atom is -0.465 e. The lowest BCUT2D eigenvalue weighted by atomic mass is 10.4. The minimum absolute atomic E-state index is 0.231. The third-order valence-electron chi connectivity index (χ3n) is 1.69. The summed E-state index contributed by atoms with van der Waals surface area (Å²) in [5, 5.41) is 1.04. The monoisotopic (exact) mass is 199 g/mol. The summed E-state index contributed by atoms with van der Waals surface area (Å²) in [5.41, 5.74) is 1.07. The number of hydrogen-bond acceptors (Lipinski definition) is 4. The maximum atomic E-state index is 10.5. The quantitative estimate of drug-likeness (QED) is 0.697. The molecule has 4 heteroatoms. The average Bonchev–Trinajstić information content (AvgIpc) is 2.30. The molecular formula is C9H13NO2S. The van der Waals surface area contributed by atoms with Gasteiger partial charge in [0.2, 0.25) is 0 Å². The maximum Gasteiger partial charge on any atom is 0.302 e. The normalized spacial score (nSPS) is 10.1. The molecule has 0 amide bonds. The zero-order valence-corrected chi connectivity index (χ0v) is 8.90. The van der Waals surface area contributed by atoms with Crippen molar-refractivity contribution in [3.63, 3.8) is 0 Å². The summed E-state index contributed by atoms with van der Waals surface area (Å²) < 4.78 is 4.82. The first-order valence-electron chi connectivity index (χ1n) is 4.16. The summed E-state index contributed by atoms with van der Waals surface area (Å²) in [4.78, 5) is 16.0. The molecule has 0 aliphatic heterocycles. The average molecular weight is 199 g/mol. The van der Waals surface area contributed by atoms with Crippen molar-refractivity contribution < 1.29 is 9.53 Å². The van der Waals surface area contributed by atoms with Gasteiger partial charge in [0, 0.05) is 18.2 Å². The number of carbonyl (C=O) groups excluding carboxylic acids is 1. The molecule has 1 rings (SSSR count). The third-order valence-corrected chi connectivity index (χ3v) is 2.83. The molecule has 0 fully saturated rings. The van der Waals surface area contributed by atoms with Gasteiger partial charge in [-0.2, -0.15) is 0 Å². The van der Waals surface area contributed by atoms with Gasteiger partial charge in [-0.25, -0.2) is 4.98 Å². The van der Waals surface area contributed by atoms with E-state index in [9.17, 15) is 4.79 Å². The summed E-state index contributed by atoms with van der Waals surface area (Å²) in [6.45, 7) is 5.88. The SMILES string of the molecule is CC(=O)OCCc1nc(C)c(C)s1. The first-order chi connectivity index (χ1) is 6.09. The number of hydrogen-bond donors (Lipinski definition) is 0. The van der Waals surface area contributed by atoms with Crippen molar-refractivity contribution in [1.29, 1.82) is 0 Å². The largest absolute Gasteiger partial charge is 0.465 e. The van der Waals surface area contributed by atoms with E-state index in [1.54, 1.807) is 11.3 Å². The van der Waals surface area contributed by atoms with Gasteiger partial charge in [-0.1, -0.05) is 0 Å². The van der Waals surface area contributed by atoms with Crippen LogP contribution in [0.2, 0.25) is 0 Å². The molecule has 1 aromatic heterocycles. The fraction of sp³-hybridized carbons (Fsp3) is 0.556. The molecule has 0 aromatic carbocycles. The van der Waals surface area contributed by atoms with Crippen molar-refractivity contribution in [1.82, 2.24) is 4.98 Å². The molecule has 0 aliphatic carbocycles. The molecule has 0 spiro atoms. The number of nitrogens with zero attached hydrogens (tertiary/aromatic N) is 1. The molecule has 0 saturated heterocycles. The molecule has 0 N–H and O–H groups in total. The van der Waals surface area contributed by atoms with E-state index < -0.39 is 0 Å². The van der Waals surface area contributed by atoms with Gasteiger partial charge in [-0.05, 0) is 13.8 Å².